The summed E-state index contributed by atoms with van der Waals surface area (Å²) in [7, 11) is 1.62. The molecule has 22 heavy (non-hydrogen) atoms. The second-order valence-corrected chi connectivity index (χ2v) is 6.02. The van der Waals surface area contributed by atoms with Gasteiger partial charge < -0.3 is 10.6 Å². The minimum absolute atomic E-state index is 0.0203. The highest BCUT2D eigenvalue weighted by Crippen LogP contribution is 2.27. The molecule has 1 fully saturated rings. The molecule has 2 amide bonds. The van der Waals surface area contributed by atoms with Crippen LogP contribution in [0.3, 0.4) is 0 Å². The van der Waals surface area contributed by atoms with Crippen molar-refractivity contribution in [2.24, 2.45) is 5.92 Å². The fourth-order valence-electron chi connectivity index (χ4n) is 2.62. The fraction of sp³-hybridized carbons (Fsp3) is 0.444. The van der Waals surface area contributed by atoms with E-state index in [0.717, 1.165) is 30.0 Å². The van der Waals surface area contributed by atoms with Crippen molar-refractivity contribution in [1.82, 2.24) is 5.32 Å². The SMILES string of the molecule is CNC(=O)Cc1ccc(NC(=O)C=C2CCC(C)CC2)cc1. The van der Waals surface area contributed by atoms with E-state index in [4.69, 9.17) is 0 Å². The van der Waals surface area contributed by atoms with E-state index in [0.29, 0.717) is 6.42 Å². The molecule has 1 aliphatic carbocycles. The number of benzene rings is 1. The van der Waals surface area contributed by atoms with Crippen LogP contribution in [0.25, 0.3) is 0 Å². The Bertz CT molecular complexity index is 551. The van der Waals surface area contributed by atoms with Gasteiger partial charge in [-0.15, -0.1) is 0 Å². The summed E-state index contributed by atoms with van der Waals surface area (Å²) in [6.45, 7) is 2.26. The van der Waals surface area contributed by atoms with E-state index in [-0.39, 0.29) is 11.8 Å². The first kappa shape index (κ1) is 16.3. The lowest BCUT2D eigenvalue weighted by Gasteiger charge is -2.19. The number of anilines is 1. The van der Waals surface area contributed by atoms with Gasteiger partial charge in [-0.2, -0.15) is 0 Å². The Morgan fingerprint density at radius 2 is 1.82 bits per heavy atom. The second-order valence-electron chi connectivity index (χ2n) is 6.02. The first-order chi connectivity index (χ1) is 10.6. The molecule has 1 aromatic carbocycles. The zero-order valence-corrected chi connectivity index (χ0v) is 13.3. The maximum Gasteiger partial charge on any atom is 0.248 e. The summed E-state index contributed by atoms with van der Waals surface area (Å²) in [6, 6.07) is 7.38. The first-order valence-corrected chi connectivity index (χ1v) is 7.87. The summed E-state index contributed by atoms with van der Waals surface area (Å²) in [5.74, 6) is 0.685. The Labute approximate surface area is 132 Å². The Morgan fingerprint density at radius 3 is 2.41 bits per heavy atom. The van der Waals surface area contributed by atoms with Crippen molar-refractivity contribution in [2.45, 2.75) is 39.0 Å². The molecule has 0 spiro atoms. The molecular weight excluding hydrogens is 276 g/mol. The highest BCUT2D eigenvalue weighted by molar-refractivity contribution is 5.99. The van der Waals surface area contributed by atoms with Crippen LogP contribution in [0, 0.1) is 5.92 Å². The molecule has 0 radical (unpaired) electrons. The molecule has 118 valence electrons. The summed E-state index contributed by atoms with van der Waals surface area (Å²) in [4.78, 5) is 23.3. The number of allylic oxidation sites excluding steroid dienone is 1. The van der Waals surface area contributed by atoms with E-state index >= 15 is 0 Å². The molecular formula is C18H24N2O2. The lowest BCUT2D eigenvalue weighted by atomic mass is 9.87. The van der Waals surface area contributed by atoms with Gasteiger partial charge in [0.1, 0.15) is 0 Å². The summed E-state index contributed by atoms with van der Waals surface area (Å²) in [6.07, 6.45) is 6.50. The molecule has 2 rings (SSSR count). The van der Waals surface area contributed by atoms with Crippen molar-refractivity contribution >= 4 is 17.5 Å². The first-order valence-electron chi connectivity index (χ1n) is 7.87. The summed E-state index contributed by atoms with van der Waals surface area (Å²) in [5, 5.41) is 5.47. The number of amides is 2. The molecule has 1 aromatic rings. The monoisotopic (exact) mass is 300 g/mol. The van der Waals surface area contributed by atoms with Crippen molar-refractivity contribution in [3.63, 3.8) is 0 Å². The quantitative estimate of drug-likeness (QED) is 0.840. The Hall–Kier alpha value is -2.10. The Morgan fingerprint density at radius 1 is 1.18 bits per heavy atom. The number of likely N-dealkylation sites (N-methyl/N-ethyl adjacent to an activating group) is 1. The summed E-state index contributed by atoms with van der Waals surface area (Å²) < 4.78 is 0. The van der Waals surface area contributed by atoms with Gasteiger partial charge in [0.25, 0.3) is 0 Å². The minimum atomic E-state index is -0.0661. The number of nitrogens with one attached hydrogen (secondary N) is 2. The van der Waals surface area contributed by atoms with Crippen LogP contribution in [-0.4, -0.2) is 18.9 Å². The van der Waals surface area contributed by atoms with Crippen LogP contribution >= 0.6 is 0 Å². The third kappa shape index (κ3) is 5.02. The number of hydrogen-bond acceptors (Lipinski definition) is 2. The summed E-state index contributed by atoms with van der Waals surface area (Å²) in [5.41, 5.74) is 2.93. The zero-order valence-electron chi connectivity index (χ0n) is 13.3. The molecule has 0 bridgehead atoms. The fourth-order valence-corrected chi connectivity index (χ4v) is 2.62. The van der Waals surface area contributed by atoms with Crippen LogP contribution in [0.15, 0.2) is 35.9 Å². The van der Waals surface area contributed by atoms with Crippen LogP contribution in [-0.2, 0) is 16.0 Å². The molecule has 4 heteroatoms. The standard InChI is InChI=1S/C18H24N2O2/c1-13-3-5-14(6-4-13)12-18(22)20-16-9-7-15(8-10-16)11-17(21)19-2/h7-10,12-13H,3-6,11H2,1-2H3,(H,19,21)(H,20,22). The Kier molecular flexibility index (Phi) is 5.75. The normalized spacial score (nSPS) is 17.7. The van der Waals surface area contributed by atoms with Crippen molar-refractivity contribution in [3.05, 3.63) is 41.5 Å². The summed E-state index contributed by atoms with van der Waals surface area (Å²) >= 11 is 0. The van der Waals surface area contributed by atoms with Crippen LogP contribution in [0.2, 0.25) is 0 Å². The molecule has 0 saturated heterocycles. The highest BCUT2D eigenvalue weighted by Gasteiger charge is 2.13. The highest BCUT2D eigenvalue weighted by atomic mass is 16.2. The van der Waals surface area contributed by atoms with Gasteiger partial charge in [-0.1, -0.05) is 24.6 Å². The predicted octanol–water partition coefficient (Wildman–Crippen LogP) is 3.05. The largest absolute Gasteiger partial charge is 0.359 e. The van der Waals surface area contributed by atoms with Crippen molar-refractivity contribution in [2.75, 3.05) is 12.4 Å². The van der Waals surface area contributed by atoms with Gasteiger partial charge in [0.2, 0.25) is 11.8 Å². The molecule has 1 saturated carbocycles. The maximum absolute atomic E-state index is 12.0. The van der Waals surface area contributed by atoms with E-state index in [2.05, 4.69) is 17.6 Å². The predicted molar refractivity (Wildman–Crippen MR) is 88.6 cm³/mol. The average Bonchev–Trinajstić information content (AvgIpc) is 2.51. The van der Waals surface area contributed by atoms with Gasteiger partial charge in [-0.25, -0.2) is 0 Å². The molecule has 0 aliphatic heterocycles. The number of carbonyl (C=O) groups is 2. The van der Waals surface area contributed by atoms with Crippen molar-refractivity contribution < 1.29 is 9.59 Å². The third-order valence-corrected chi connectivity index (χ3v) is 4.12. The van der Waals surface area contributed by atoms with E-state index in [9.17, 15) is 9.59 Å². The van der Waals surface area contributed by atoms with Gasteiger partial charge in [0, 0.05) is 18.8 Å². The molecule has 0 aromatic heterocycles. The average molecular weight is 300 g/mol. The van der Waals surface area contributed by atoms with Gasteiger partial charge in [-0.3, -0.25) is 9.59 Å². The van der Waals surface area contributed by atoms with Crippen molar-refractivity contribution in [3.8, 4) is 0 Å². The van der Waals surface area contributed by atoms with Crippen LogP contribution < -0.4 is 10.6 Å². The van der Waals surface area contributed by atoms with E-state index in [1.165, 1.54) is 18.4 Å². The van der Waals surface area contributed by atoms with Gasteiger partial charge in [-0.05, 0) is 49.3 Å². The van der Waals surface area contributed by atoms with E-state index < -0.39 is 0 Å². The van der Waals surface area contributed by atoms with Gasteiger partial charge in [0.15, 0.2) is 0 Å². The smallest absolute Gasteiger partial charge is 0.248 e. The van der Waals surface area contributed by atoms with Gasteiger partial charge >= 0.3 is 0 Å². The van der Waals surface area contributed by atoms with Crippen LogP contribution in [0.5, 0.6) is 0 Å². The van der Waals surface area contributed by atoms with Crippen LogP contribution in [0.4, 0.5) is 5.69 Å². The Balaban J connectivity index is 1.89. The number of rotatable bonds is 4. The van der Waals surface area contributed by atoms with E-state index in [1.807, 2.05) is 24.3 Å². The maximum atomic E-state index is 12.0. The molecule has 1 aliphatic rings. The number of carbonyl (C=O) groups excluding carboxylic acids is 2. The minimum Gasteiger partial charge on any atom is -0.359 e. The zero-order chi connectivity index (χ0) is 15.9. The molecule has 0 unspecified atom stereocenters. The van der Waals surface area contributed by atoms with Gasteiger partial charge in [0.05, 0.1) is 6.42 Å². The van der Waals surface area contributed by atoms with Crippen LogP contribution in [0.1, 0.15) is 38.2 Å². The molecule has 0 atom stereocenters. The lowest BCUT2D eigenvalue weighted by Crippen LogP contribution is -2.19. The molecule has 4 nitrogen and oxygen atoms in total. The topological polar surface area (TPSA) is 58.2 Å². The third-order valence-electron chi connectivity index (χ3n) is 4.12. The lowest BCUT2D eigenvalue weighted by molar-refractivity contribution is -0.120. The van der Waals surface area contributed by atoms with E-state index in [1.54, 1.807) is 13.1 Å². The number of hydrogen-bond donors (Lipinski definition) is 2. The second kappa shape index (κ2) is 7.78. The van der Waals surface area contributed by atoms with Crippen molar-refractivity contribution in [1.29, 1.82) is 0 Å². The molecule has 2 N–H and O–H groups in total. The molecule has 0 heterocycles.